The molecule has 2 aromatic carbocycles. The molecule has 0 spiro atoms. The molecule has 0 heterocycles. The normalized spacial score (nSPS) is 11.1. The van der Waals surface area contributed by atoms with E-state index in [-0.39, 0.29) is 6.61 Å². The third-order valence-electron chi connectivity index (χ3n) is 2.96. The van der Waals surface area contributed by atoms with Gasteiger partial charge in [-0.05, 0) is 22.3 Å². The number of nitrogens with zero attached hydrogens (tertiary/aromatic N) is 1. The van der Waals surface area contributed by atoms with Gasteiger partial charge in [-0.25, -0.2) is 0 Å². The van der Waals surface area contributed by atoms with E-state index < -0.39 is 0 Å². The van der Waals surface area contributed by atoms with Gasteiger partial charge in [0.05, 0.1) is 19.1 Å². The van der Waals surface area contributed by atoms with Crippen molar-refractivity contribution in [1.82, 2.24) is 0 Å². The van der Waals surface area contributed by atoms with E-state index in [2.05, 4.69) is 6.07 Å². The van der Waals surface area contributed by atoms with Gasteiger partial charge in [-0.15, -0.1) is 0 Å². The van der Waals surface area contributed by atoms with Crippen molar-refractivity contribution >= 4 is 5.57 Å². The van der Waals surface area contributed by atoms with Gasteiger partial charge in [0, 0.05) is 0 Å². The Hall–Kier alpha value is -2.37. The van der Waals surface area contributed by atoms with Crippen LogP contribution in [0.4, 0.5) is 0 Å². The number of aliphatic hydroxyl groups is 1. The molecule has 0 bridgehead atoms. The molecule has 0 unspecified atom stereocenters. The number of hydrogen-bond donors (Lipinski definition) is 1. The summed E-state index contributed by atoms with van der Waals surface area (Å²) in [5.74, 6) is 0. The third kappa shape index (κ3) is 3.09. The molecule has 2 nitrogen and oxygen atoms in total. The van der Waals surface area contributed by atoms with Crippen LogP contribution in [0.25, 0.3) is 5.57 Å². The molecule has 0 saturated carbocycles. The fourth-order valence-electron chi connectivity index (χ4n) is 2.11. The maximum atomic E-state index is 9.24. The predicted molar refractivity (Wildman–Crippen MR) is 76.4 cm³/mol. The summed E-state index contributed by atoms with van der Waals surface area (Å²) in [7, 11) is 0. The van der Waals surface area contributed by atoms with Crippen molar-refractivity contribution in [2.45, 2.75) is 6.42 Å². The fourth-order valence-corrected chi connectivity index (χ4v) is 2.11. The Kier molecular flexibility index (Phi) is 4.49. The minimum absolute atomic E-state index is 0.0227. The van der Waals surface area contributed by atoms with E-state index in [4.69, 9.17) is 5.26 Å². The Morgan fingerprint density at radius 1 is 1.05 bits per heavy atom. The number of nitriles is 1. The molecule has 2 aromatic rings. The second-order valence-corrected chi connectivity index (χ2v) is 4.16. The summed E-state index contributed by atoms with van der Waals surface area (Å²) in [5, 5.41) is 18.1. The molecule has 0 aliphatic rings. The van der Waals surface area contributed by atoms with E-state index in [0.29, 0.717) is 6.42 Å². The molecule has 0 aromatic heterocycles. The number of aliphatic hydroxyl groups excluding tert-OH is 1. The second-order valence-electron chi connectivity index (χ2n) is 4.16. The van der Waals surface area contributed by atoms with E-state index >= 15 is 0 Å². The van der Waals surface area contributed by atoms with Gasteiger partial charge < -0.3 is 5.11 Å². The summed E-state index contributed by atoms with van der Waals surface area (Å²) in [4.78, 5) is 0. The Bertz CT molecular complexity index is 609. The van der Waals surface area contributed by atoms with Crippen molar-refractivity contribution in [1.29, 1.82) is 5.26 Å². The average molecular weight is 249 g/mol. The zero-order chi connectivity index (χ0) is 13.5. The summed E-state index contributed by atoms with van der Waals surface area (Å²) in [5.41, 5.74) is 3.99. The van der Waals surface area contributed by atoms with E-state index in [1.807, 2.05) is 54.6 Å². The monoisotopic (exact) mass is 249 g/mol. The highest BCUT2D eigenvalue weighted by molar-refractivity contribution is 5.81. The quantitative estimate of drug-likeness (QED) is 0.904. The van der Waals surface area contributed by atoms with Crippen molar-refractivity contribution in [3.63, 3.8) is 0 Å². The first kappa shape index (κ1) is 13.1. The van der Waals surface area contributed by atoms with Crippen molar-refractivity contribution in [3.8, 4) is 6.07 Å². The first-order valence-electron chi connectivity index (χ1n) is 6.18. The lowest BCUT2D eigenvalue weighted by Crippen LogP contribution is -1.95. The van der Waals surface area contributed by atoms with E-state index in [1.165, 1.54) is 0 Å². The van der Waals surface area contributed by atoms with Crippen LogP contribution in [0.15, 0.2) is 60.7 Å². The number of rotatable bonds is 4. The minimum atomic E-state index is -0.0227. The molecule has 0 atom stereocenters. The second kappa shape index (κ2) is 6.53. The summed E-state index contributed by atoms with van der Waals surface area (Å²) in [6.45, 7) is -0.0227. The molecular weight excluding hydrogens is 234 g/mol. The standard InChI is InChI=1S/C17H15NO/c18-12-10-15-8-4-5-9-16(15)17(11-13-19)14-6-2-1-3-7-14/h1-9,11,19H,10,13H2/b17-11-. The maximum Gasteiger partial charge on any atom is 0.0669 e. The van der Waals surface area contributed by atoms with Crippen molar-refractivity contribution < 1.29 is 5.11 Å². The Balaban J connectivity index is 2.53. The SMILES string of the molecule is N#CCc1ccccc1/C(=C\CO)c1ccccc1. The van der Waals surface area contributed by atoms with Crippen molar-refractivity contribution in [2.24, 2.45) is 0 Å². The predicted octanol–water partition coefficient (Wildman–Crippen LogP) is 3.18. The molecule has 94 valence electrons. The minimum Gasteiger partial charge on any atom is -0.392 e. The van der Waals surface area contributed by atoms with E-state index in [1.54, 1.807) is 6.08 Å². The van der Waals surface area contributed by atoms with Crippen molar-refractivity contribution in [2.75, 3.05) is 6.61 Å². The van der Waals surface area contributed by atoms with Gasteiger partial charge in [0.1, 0.15) is 0 Å². The lowest BCUT2D eigenvalue weighted by atomic mass is 9.92. The van der Waals surface area contributed by atoms with Gasteiger partial charge in [-0.1, -0.05) is 60.7 Å². The van der Waals surface area contributed by atoms with Crippen LogP contribution >= 0.6 is 0 Å². The van der Waals surface area contributed by atoms with Gasteiger partial charge in [0.2, 0.25) is 0 Å². The molecule has 0 saturated heterocycles. The Morgan fingerprint density at radius 3 is 2.42 bits per heavy atom. The lowest BCUT2D eigenvalue weighted by Gasteiger charge is -2.12. The highest BCUT2D eigenvalue weighted by Gasteiger charge is 2.08. The molecule has 1 N–H and O–H groups in total. The third-order valence-corrected chi connectivity index (χ3v) is 2.96. The summed E-state index contributed by atoms with van der Waals surface area (Å²) >= 11 is 0. The van der Waals surface area contributed by atoms with Crippen LogP contribution < -0.4 is 0 Å². The summed E-state index contributed by atoms with van der Waals surface area (Å²) < 4.78 is 0. The topological polar surface area (TPSA) is 44.0 Å². The van der Waals surface area contributed by atoms with E-state index in [9.17, 15) is 5.11 Å². The van der Waals surface area contributed by atoms with Gasteiger partial charge in [-0.3, -0.25) is 0 Å². The summed E-state index contributed by atoms with van der Waals surface area (Å²) in [6, 6.07) is 19.9. The van der Waals surface area contributed by atoms with Gasteiger partial charge in [0.25, 0.3) is 0 Å². The maximum absolute atomic E-state index is 9.24. The highest BCUT2D eigenvalue weighted by atomic mass is 16.2. The van der Waals surface area contributed by atoms with Crippen molar-refractivity contribution in [3.05, 3.63) is 77.4 Å². The largest absolute Gasteiger partial charge is 0.392 e. The van der Waals surface area contributed by atoms with E-state index in [0.717, 1.165) is 22.3 Å². The number of benzene rings is 2. The molecule has 0 amide bonds. The molecule has 2 rings (SSSR count). The van der Waals surface area contributed by atoms with Crippen LogP contribution in [-0.2, 0) is 6.42 Å². The molecule has 19 heavy (non-hydrogen) atoms. The smallest absolute Gasteiger partial charge is 0.0669 e. The van der Waals surface area contributed by atoms with Crippen LogP contribution in [0.2, 0.25) is 0 Å². The molecule has 0 radical (unpaired) electrons. The van der Waals surface area contributed by atoms with Gasteiger partial charge in [0.15, 0.2) is 0 Å². The molecule has 0 aliphatic carbocycles. The van der Waals surface area contributed by atoms with Gasteiger partial charge in [-0.2, -0.15) is 5.26 Å². The Labute approximate surface area is 113 Å². The van der Waals surface area contributed by atoms with Crippen LogP contribution in [0.3, 0.4) is 0 Å². The highest BCUT2D eigenvalue weighted by Crippen LogP contribution is 2.26. The van der Waals surface area contributed by atoms with Crippen LogP contribution in [0.5, 0.6) is 0 Å². The molecular formula is C17H15NO. The molecule has 0 fully saturated rings. The zero-order valence-electron chi connectivity index (χ0n) is 10.6. The fraction of sp³-hybridized carbons (Fsp3) is 0.118. The first-order chi connectivity index (χ1) is 9.36. The average Bonchev–Trinajstić information content (AvgIpc) is 2.47. The molecule has 2 heteroatoms. The first-order valence-corrected chi connectivity index (χ1v) is 6.18. The zero-order valence-corrected chi connectivity index (χ0v) is 10.6. The molecule has 0 aliphatic heterocycles. The summed E-state index contributed by atoms with van der Waals surface area (Å²) in [6.07, 6.45) is 2.15. The Morgan fingerprint density at radius 2 is 1.74 bits per heavy atom. The van der Waals surface area contributed by atoms with Gasteiger partial charge >= 0.3 is 0 Å². The number of hydrogen-bond acceptors (Lipinski definition) is 2. The van der Waals surface area contributed by atoms with Crippen LogP contribution in [0, 0.1) is 11.3 Å². The lowest BCUT2D eigenvalue weighted by molar-refractivity contribution is 0.343. The van der Waals surface area contributed by atoms with Crippen LogP contribution in [-0.4, -0.2) is 11.7 Å². The van der Waals surface area contributed by atoms with Crippen LogP contribution in [0.1, 0.15) is 16.7 Å².